The lowest BCUT2D eigenvalue weighted by molar-refractivity contribution is -0.114. The molecule has 1 amide bonds. The van der Waals surface area contributed by atoms with Gasteiger partial charge in [0.1, 0.15) is 0 Å². The van der Waals surface area contributed by atoms with Gasteiger partial charge in [-0.1, -0.05) is 26.0 Å². The van der Waals surface area contributed by atoms with Crippen molar-refractivity contribution in [2.75, 3.05) is 30.3 Å². The largest absolute Gasteiger partial charge is 0.376 e. The van der Waals surface area contributed by atoms with Gasteiger partial charge in [0.2, 0.25) is 15.9 Å². The summed E-state index contributed by atoms with van der Waals surface area (Å²) in [4.78, 5) is 12.4. The second-order valence-electron chi connectivity index (χ2n) is 6.32. The Hall–Kier alpha value is -2.38. The first-order valence-corrected chi connectivity index (χ1v) is 10.4. The van der Waals surface area contributed by atoms with E-state index >= 15 is 0 Å². The fourth-order valence-corrected chi connectivity index (χ4v) is 4.19. The van der Waals surface area contributed by atoms with E-state index in [1.807, 2.05) is 32.0 Å². The Labute approximate surface area is 161 Å². The number of amides is 1. The molecule has 0 bridgehead atoms. The summed E-state index contributed by atoms with van der Waals surface area (Å²) < 4.78 is 26.6. The van der Waals surface area contributed by atoms with Gasteiger partial charge in [0, 0.05) is 24.5 Å². The van der Waals surface area contributed by atoms with Gasteiger partial charge in [0.05, 0.1) is 11.4 Å². The molecule has 0 radical (unpaired) electrons. The molecule has 0 aliphatic heterocycles. The molecule has 0 aromatic heterocycles. The monoisotopic (exact) mass is 389 g/mol. The van der Waals surface area contributed by atoms with Crippen LogP contribution in [0.2, 0.25) is 0 Å². The van der Waals surface area contributed by atoms with Crippen molar-refractivity contribution in [3.8, 4) is 0 Å². The van der Waals surface area contributed by atoms with Crippen LogP contribution in [0.1, 0.15) is 25.0 Å². The molecule has 2 aromatic carbocycles. The highest BCUT2D eigenvalue weighted by Crippen LogP contribution is 2.19. The number of carbonyl (C=O) groups is 1. The summed E-state index contributed by atoms with van der Waals surface area (Å²) in [5.41, 5.74) is 3.59. The summed E-state index contributed by atoms with van der Waals surface area (Å²) in [5.74, 6) is -0.199. The molecule has 0 saturated carbocycles. The minimum Gasteiger partial charge on any atom is -0.376 e. The van der Waals surface area contributed by atoms with Gasteiger partial charge in [-0.05, 0) is 55.3 Å². The van der Waals surface area contributed by atoms with E-state index in [1.165, 1.54) is 4.31 Å². The predicted octanol–water partition coefficient (Wildman–Crippen LogP) is 3.38. The number of nitrogens with zero attached hydrogens (tertiary/aromatic N) is 1. The van der Waals surface area contributed by atoms with E-state index in [2.05, 4.69) is 10.6 Å². The van der Waals surface area contributed by atoms with Crippen molar-refractivity contribution in [1.82, 2.24) is 4.31 Å². The predicted molar refractivity (Wildman–Crippen MR) is 110 cm³/mol. The normalized spacial score (nSPS) is 11.4. The molecule has 2 aromatic rings. The lowest BCUT2D eigenvalue weighted by Crippen LogP contribution is -2.30. The van der Waals surface area contributed by atoms with Crippen molar-refractivity contribution in [3.05, 3.63) is 53.6 Å². The highest BCUT2D eigenvalue weighted by Gasteiger charge is 2.21. The first-order valence-electron chi connectivity index (χ1n) is 8.99. The number of benzene rings is 2. The highest BCUT2D eigenvalue weighted by molar-refractivity contribution is 7.89. The zero-order chi connectivity index (χ0) is 20.0. The zero-order valence-electron chi connectivity index (χ0n) is 16.2. The third kappa shape index (κ3) is 5.30. The maximum Gasteiger partial charge on any atom is 0.243 e. The van der Waals surface area contributed by atoms with Gasteiger partial charge in [-0.2, -0.15) is 4.31 Å². The summed E-state index contributed by atoms with van der Waals surface area (Å²) in [6.45, 7) is 8.48. The fourth-order valence-electron chi connectivity index (χ4n) is 2.69. The zero-order valence-corrected chi connectivity index (χ0v) is 17.1. The fraction of sp³-hybridized carbons (Fsp3) is 0.350. The Morgan fingerprint density at radius 2 is 1.67 bits per heavy atom. The smallest absolute Gasteiger partial charge is 0.243 e. The number of hydrogen-bond donors (Lipinski definition) is 2. The first kappa shape index (κ1) is 20.9. The van der Waals surface area contributed by atoms with Crippen molar-refractivity contribution in [2.24, 2.45) is 0 Å². The standard InChI is InChI=1S/C20H27N3O3S/c1-5-23(6-2)27(25,26)19-9-7-8-17(13-19)21-14-20(24)22-18-11-10-15(3)16(4)12-18/h7-13,21H,5-6,14H2,1-4H3,(H,22,24). The Balaban J connectivity index is 2.04. The number of aryl methyl sites for hydroxylation is 2. The van der Waals surface area contributed by atoms with E-state index in [-0.39, 0.29) is 17.3 Å². The maximum atomic E-state index is 12.6. The average molecular weight is 390 g/mol. The van der Waals surface area contributed by atoms with E-state index in [0.717, 1.165) is 16.8 Å². The lowest BCUT2D eigenvalue weighted by Gasteiger charge is -2.19. The summed E-state index contributed by atoms with van der Waals surface area (Å²) in [6, 6.07) is 12.3. The van der Waals surface area contributed by atoms with Crippen LogP contribution in [0, 0.1) is 13.8 Å². The van der Waals surface area contributed by atoms with Gasteiger partial charge < -0.3 is 10.6 Å². The van der Waals surface area contributed by atoms with E-state index < -0.39 is 10.0 Å². The second-order valence-corrected chi connectivity index (χ2v) is 8.26. The molecule has 146 valence electrons. The summed E-state index contributed by atoms with van der Waals surface area (Å²) >= 11 is 0. The van der Waals surface area contributed by atoms with E-state index in [9.17, 15) is 13.2 Å². The SMILES string of the molecule is CCN(CC)S(=O)(=O)c1cccc(NCC(=O)Nc2ccc(C)c(C)c2)c1. The molecule has 7 heteroatoms. The van der Waals surface area contributed by atoms with Gasteiger partial charge in [-0.15, -0.1) is 0 Å². The van der Waals surface area contributed by atoms with Crippen LogP contribution in [0.4, 0.5) is 11.4 Å². The minimum absolute atomic E-state index is 0.0433. The first-order chi connectivity index (χ1) is 12.8. The Kier molecular flexibility index (Phi) is 6.98. The number of rotatable bonds is 8. The molecule has 0 fully saturated rings. The molecule has 0 saturated heterocycles. The topological polar surface area (TPSA) is 78.5 Å². The van der Waals surface area contributed by atoms with Crippen LogP contribution >= 0.6 is 0 Å². The van der Waals surface area contributed by atoms with E-state index in [0.29, 0.717) is 18.8 Å². The molecule has 2 N–H and O–H groups in total. The van der Waals surface area contributed by atoms with Crippen molar-refractivity contribution < 1.29 is 13.2 Å². The van der Waals surface area contributed by atoms with Gasteiger partial charge in [0.15, 0.2) is 0 Å². The van der Waals surface area contributed by atoms with E-state index in [4.69, 9.17) is 0 Å². The molecule has 6 nitrogen and oxygen atoms in total. The van der Waals surface area contributed by atoms with Crippen molar-refractivity contribution in [3.63, 3.8) is 0 Å². The highest BCUT2D eigenvalue weighted by atomic mass is 32.2. The van der Waals surface area contributed by atoms with Crippen LogP contribution in [0.3, 0.4) is 0 Å². The molecule has 0 heterocycles. The van der Waals surface area contributed by atoms with Crippen LogP contribution in [-0.2, 0) is 14.8 Å². The third-order valence-corrected chi connectivity index (χ3v) is 6.47. The van der Waals surface area contributed by atoms with Crippen LogP contribution in [0.25, 0.3) is 0 Å². The van der Waals surface area contributed by atoms with E-state index in [1.54, 1.807) is 38.1 Å². The van der Waals surface area contributed by atoms with Crippen LogP contribution in [-0.4, -0.2) is 38.3 Å². The van der Waals surface area contributed by atoms with Crippen molar-refractivity contribution in [1.29, 1.82) is 0 Å². The minimum atomic E-state index is -3.53. The van der Waals surface area contributed by atoms with Gasteiger partial charge in [-0.3, -0.25) is 4.79 Å². The van der Waals surface area contributed by atoms with Crippen LogP contribution in [0.15, 0.2) is 47.4 Å². The third-order valence-electron chi connectivity index (χ3n) is 4.42. The molecule has 0 spiro atoms. The Morgan fingerprint density at radius 3 is 2.30 bits per heavy atom. The number of carbonyl (C=O) groups excluding carboxylic acids is 1. The molecule has 0 aliphatic carbocycles. The lowest BCUT2D eigenvalue weighted by atomic mass is 10.1. The molecular weight excluding hydrogens is 362 g/mol. The average Bonchev–Trinajstić information content (AvgIpc) is 2.64. The maximum absolute atomic E-state index is 12.6. The van der Waals surface area contributed by atoms with Crippen molar-refractivity contribution in [2.45, 2.75) is 32.6 Å². The number of anilines is 2. The van der Waals surface area contributed by atoms with Crippen molar-refractivity contribution >= 4 is 27.3 Å². The number of hydrogen-bond acceptors (Lipinski definition) is 4. The summed E-state index contributed by atoms with van der Waals surface area (Å²) in [6.07, 6.45) is 0. The molecule has 0 aliphatic rings. The second kappa shape index (κ2) is 9.01. The Morgan fingerprint density at radius 1 is 0.963 bits per heavy atom. The quantitative estimate of drug-likeness (QED) is 0.725. The molecule has 27 heavy (non-hydrogen) atoms. The van der Waals surface area contributed by atoms with Gasteiger partial charge in [0.25, 0.3) is 0 Å². The summed E-state index contributed by atoms with van der Waals surface area (Å²) in [5, 5.41) is 5.82. The number of nitrogens with one attached hydrogen (secondary N) is 2. The molecular formula is C20H27N3O3S. The van der Waals surface area contributed by atoms with Crippen LogP contribution in [0.5, 0.6) is 0 Å². The van der Waals surface area contributed by atoms with Crippen LogP contribution < -0.4 is 10.6 Å². The Bertz CT molecular complexity index is 906. The molecule has 0 atom stereocenters. The molecule has 0 unspecified atom stereocenters. The summed E-state index contributed by atoms with van der Waals surface area (Å²) in [7, 11) is -3.53. The van der Waals surface area contributed by atoms with Gasteiger partial charge in [-0.25, -0.2) is 8.42 Å². The molecule has 2 rings (SSSR count). The number of sulfonamides is 1. The van der Waals surface area contributed by atoms with Gasteiger partial charge >= 0.3 is 0 Å².